The van der Waals surface area contributed by atoms with Gasteiger partial charge in [-0.2, -0.15) is 0 Å². The summed E-state index contributed by atoms with van der Waals surface area (Å²) >= 11 is 0. The predicted octanol–water partition coefficient (Wildman–Crippen LogP) is 4.74. The van der Waals surface area contributed by atoms with Gasteiger partial charge in [-0.25, -0.2) is 8.42 Å². The van der Waals surface area contributed by atoms with Crippen molar-refractivity contribution in [2.45, 2.75) is 32.6 Å². The summed E-state index contributed by atoms with van der Waals surface area (Å²) in [6.45, 7) is 7.49. The summed E-state index contributed by atoms with van der Waals surface area (Å²) in [7, 11) is -3.74. The molecule has 3 rings (SSSR count). The largest absolute Gasteiger partial charge is 0.484 e. The van der Waals surface area contributed by atoms with E-state index in [1.807, 2.05) is 58.0 Å². The minimum atomic E-state index is -3.74. The molecule has 0 heterocycles. The van der Waals surface area contributed by atoms with Crippen LogP contribution in [0.25, 0.3) is 0 Å². The molecule has 2 N–H and O–H groups in total. The third-order valence-corrected chi connectivity index (χ3v) is 6.40. The Morgan fingerprint density at radius 2 is 1.58 bits per heavy atom. The molecule has 0 bridgehead atoms. The van der Waals surface area contributed by atoms with Crippen LogP contribution in [0.4, 0.5) is 11.4 Å². The minimum Gasteiger partial charge on any atom is -0.484 e. The Bertz CT molecular complexity index is 1200. The second kappa shape index (κ2) is 9.22. The van der Waals surface area contributed by atoms with E-state index in [0.717, 1.165) is 27.9 Å². The van der Waals surface area contributed by atoms with E-state index in [-0.39, 0.29) is 17.4 Å². The average molecular weight is 439 g/mol. The molecule has 3 aromatic carbocycles. The van der Waals surface area contributed by atoms with E-state index >= 15 is 0 Å². The molecular weight excluding hydrogens is 412 g/mol. The number of nitrogens with one attached hydrogen (secondary N) is 2. The molecule has 0 unspecified atom stereocenters. The topological polar surface area (TPSA) is 84.5 Å². The van der Waals surface area contributed by atoms with Gasteiger partial charge in [0.05, 0.1) is 10.6 Å². The third-order valence-electron chi connectivity index (χ3n) is 5.02. The zero-order valence-electron chi connectivity index (χ0n) is 18.0. The Kier molecular flexibility index (Phi) is 6.65. The van der Waals surface area contributed by atoms with Gasteiger partial charge in [-0.1, -0.05) is 24.3 Å². The van der Waals surface area contributed by atoms with Gasteiger partial charge >= 0.3 is 0 Å². The van der Waals surface area contributed by atoms with Crippen LogP contribution < -0.4 is 14.8 Å². The monoisotopic (exact) mass is 438 g/mol. The van der Waals surface area contributed by atoms with Crippen molar-refractivity contribution in [1.29, 1.82) is 0 Å². The molecule has 3 aromatic rings. The van der Waals surface area contributed by atoms with Gasteiger partial charge in [0.25, 0.3) is 15.9 Å². The van der Waals surface area contributed by atoms with E-state index in [1.54, 1.807) is 6.07 Å². The summed E-state index contributed by atoms with van der Waals surface area (Å²) in [5.74, 6) is 0.115. The van der Waals surface area contributed by atoms with Crippen LogP contribution in [0.1, 0.15) is 22.3 Å². The highest BCUT2D eigenvalue weighted by Crippen LogP contribution is 2.23. The van der Waals surface area contributed by atoms with Crippen LogP contribution in [0.2, 0.25) is 0 Å². The van der Waals surface area contributed by atoms with Crippen LogP contribution in [-0.2, 0) is 14.8 Å². The molecular formula is C24H26N2O4S. The number of benzene rings is 3. The summed E-state index contributed by atoms with van der Waals surface area (Å²) in [6.07, 6.45) is 0. The Labute approximate surface area is 183 Å². The molecule has 1 amide bonds. The molecule has 6 nitrogen and oxygen atoms in total. The van der Waals surface area contributed by atoms with Crippen LogP contribution in [0.15, 0.2) is 65.6 Å². The van der Waals surface area contributed by atoms with E-state index in [0.29, 0.717) is 11.4 Å². The van der Waals surface area contributed by atoms with Gasteiger partial charge in [-0.3, -0.25) is 9.52 Å². The highest BCUT2D eigenvalue weighted by molar-refractivity contribution is 7.92. The second-order valence-electron chi connectivity index (χ2n) is 7.48. The maximum Gasteiger partial charge on any atom is 0.262 e. The number of anilines is 2. The smallest absolute Gasteiger partial charge is 0.262 e. The van der Waals surface area contributed by atoms with Crippen molar-refractivity contribution < 1.29 is 17.9 Å². The number of amides is 1. The van der Waals surface area contributed by atoms with Crippen molar-refractivity contribution >= 4 is 27.3 Å². The molecule has 0 saturated heterocycles. The zero-order chi connectivity index (χ0) is 22.6. The van der Waals surface area contributed by atoms with E-state index in [4.69, 9.17) is 4.74 Å². The number of ether oxygens (including phenoxy) is 1. The molecule has 31 heavy (non-hydrogen) atoms. The van der Waals surface area contributed by atoms with Crippen molar-refractivity contribution in [3.8, 4) is 5.75 Å². The van der Waals surface area contributed by atoms with Crippen molar-refractivity contribution in [3.05, 3.63) is 82.9 Å². The third kappa shape index (κ3) is 5.64. The van der Waals surface area contributed by atoms with Crippen LogP contribution in [0.3, 0.4) is 0 Å². The molecule has 0 spiro atoms. The molecule has 0 radical (unpaired) electrons. The number of carbonyl (C=O) groups excluding carboxylic acids is 1. The first kappa shape index (κ1) is 22.4. The fourth-order valence-electron chi connectivity index (χ4n) is 2.99. The predicted molar refractivity (Wildman–Crippen MR) is 123 cm³/mol. The average Bonchev–Trinajstić information content (AvgIpc) is 2.73. The summed E-state index contributed by atoms with van der Waals surface area (Å²) < 4.78 is 33.5. The van der Waals surface area contributed by atoms with Gasteiger partial charge < -0.3 is 10.1 Å². The van der Waals surface area contributed by atoms with Crippen LogP contribution in [0, 0.1) is 27.7 Å². The Balaban J connectivity index is 1.62. The lowest BCUT2D eigenvalue weighted by Crippen LogP contribution is -2.20. The molecule has 0 fully saturated rings. The first-order valence-corrected chi connectivity index (χ1v) is 11.3. The second-order valence-corrected chi connectivity index (χ2v) is 9.16. The number of carbonyl (C=O) groups is 1. The Morgan fingerprint density at radius 1 is 0.871 bits per heavy atom. The standard InChI is InChI=1S/C24H26N2O4S/c1-16-8-9-18(3)23(14-16)26-31(28,29)21-12-10-20(11-13-21)30-15-24(27)25-22-7-5-6-17(2)19(22)4/h5-14,26H,15H2,1-4H3,(H,25,27). The van der Waals surface area contributed by atoms with Crippen LogP contribution in [0.5, 0.6) is 5.75 Å². The van der Waals surface area contributed by atoms with Gasteiger partial charge in [0, 0.05) is 5.69 Å². The number of rotatable bonds is 7. The molecule has 0 aliphatic rings. The van der Waals surface area contributed by atoms with Gasteiger partial charge in [-0.05, 0) is 86.3 Å². The van der Waals surface area contributed by atoms with E-state index in [1.165, 1.54) is 24.3 Å². The molecule has 0 aromatic heterocycles. The SMILES string of the molecule is Cc1ccc(C)c(NS(=O)(=O)c2ccc(OCC(=O)Nc3cccc(C)c3C)cc2)c1. The normalized spacial score (nSPS) is 11.1. The summed E-state index contributed by atoms with van der Waals surface area (Å²) in [5.41, 5.74) is 5.18. The van der Waals surface area contributed by atoms with E-state index < -0.39 is 10.0 Å². The number of hydrogen-bond acceptors (Lipinski definition) is 4. The molecule has 162 valence electrons. The van der Waals surface area contributed by atoms with Gasteiger partial charge in [0.15, 0.2) is 6.61 Å². The maximum absolute atomic E-state index is 12.7. The number of sulfonamides is 1. The fraction of sp³-hybridized carbons (Fsp3) is 0.208. The molecule has 0 aliphatic carbocycles. The summed E-state index contributed by atoms with van der Waals surface area (Å²) in [6, 6.07) is 17.2. The minimum absolute atomic E-state index is 0.112. The highest BCUT2D eigenvalue weighted by Gasteiger charge is 2.16. The maximum atomic E-state index is 12.7. The van der Waals surface area contributed by atoms with Crippen molar-refractivity contribution in [2.24, 2.45) is 0 Å². The Hall–Kier alpha value is -3.32. The lowest BCUT2D eigenvalue weighted by molar-refractivity contribution is -0.118. The summed E-state index contributed by atoms with van der Waals surface area (Å²) in [4.78, 5) is 12.3. The molecule has 0 saturated carbocycles. The number of hydrogen-bond donors (Lipinski definition) is 2. The van der Waals surface area contributed by atoms with E-state index in [9.17, 15) is 13.2 Å². The van der Waals surface area contributed by atoms with Gasteiger partial charge in [0.2, 0.25) is 0 Å². The highest BCUT2D eigenvalue weighted by atomic mass is 32.2. The molecule has 0 atom stereocenters. The van der Waals surface area contributed by atoms with Crippen LogP contribution in [-0.4, -0.2) is 20.9 Å². The lowest BCUT2D eigenvalue weighted by atomic mass is 10.1. The fourth-order valence-corrected chi connectivity index (χ4v) is 4.11. The van der Waals surface area contributed by atoms with Crippen molar-refractivity contribution in [3.63, 3.8) is 0 Å². The first-order valence-electron chi connectivity index (χ1n) is 9.85. The summed E-state index contributed by atoms with van der Waals surface area (Å²) in [5, 5.41) is 2.82. The van der Waals surface area contributed by atoms with Gasteiger partial charge in [0.1, 0.15) is 5.75 Å². The van der Waals surface area contributed by atoms with Crippen molar-refractivity contribution in [2.75, 3.05) is 16.6 Å². The lowest BCUT2D eigenvalue weighted by Gasteiger charge is -2.13. The van der Waals surface area contributed by atoms with E-state index in [2.05, 4.69) is 10.0 Å². The quantitative estimate of drug-likeness (QED) is 0.558. The first-order chi connectivity index (χ1) is 14.7. The number of aryl methyl sites for hydroxylation is 3. The Morgan fingerprint density at radius 3 is 2.29 bits per heavy atom. The molecule has 0 aliphatic heterocycles. The van der Waals surface area contributed by atoms with Crippen LogP contribution >= 0.6 is 0 Å². The van der Waals surface area contributed by atoms with Gasteiger partial charge in [-0.15, -0.1) is 0 Å². The molecule has 7 heteroatoms. The zero-order valence-corrected chi connectivity index (χ0v) is 18.8. The van der Waals surface area contributed by atoms with Crippen molar-refractivity contribution in [1.82, 2.24) is 0 Å².